The highest BCUT2D eigenvalue weighted by molar-refractivity contribution is 7.49. The Labute approximate surface area is 232 Å². The fraction of sp³-hybridized carbons (Fsp3) is 0.677. The second kappa shape index (κ2) is 8.77. The molecule has 0 aromatic rings. The molecule has 1 unspecified atom stereocenters. The number of aliphatic hydroxyl groups excluding tert-OH is 1. The van der Waals surface area contributed by atoms with Crippen LogP contribution >= 0.6 is 7.82 Å². The highest BCUT2D eigenvalue weighted by Crippen LogP contribution is 2.75. The summed E-state index contributed by atoms with van der Waals surface area (Å²) in [4.78, 5) is 26.2. The van der Waals surface area contributed by atoms with Crippen LogP contribution in [0.4, 0.5) is 0 Å². The Bertz CT molecular complexity index is 1310. The summed E-state index contributed by atoms with van der Waals surface area (Å²) in [6, 6.07) is 0. The molecular formula is C31H43O7P. The summed E-state index contributed by atoms with van der Waals surface area (Å²) in [6.07, 6.45) is 12.1. The van der Waals surface area contributed by atoms with E-state index in [0.717, 1.165) is 43.3 Å². The van der Waals surface area contributed by atoms with Crippen LogP contribution in [0.1, 0.15) is 86.5 Å². The van der Waals surface area contributed by atoms with Gasteiger partial charge in [0.1, 0.15) is 0 Å². The van der Waals surface area contributed by atoms with Gasteiger partial charge < -0.3 is 9.63 Å². The average molecular weight is 559 g/mol. The summed E-state index contributed by atoms with van der Waals surface area (Å²) in [5, 5.41) is 10.4. The molecule has 8 heteroatoms. The summed E-state index contributed by atoms with van der Waals surface area (Å²) >= 11 is 0. The van der Waals surface area contributed by atoms with Gasteiger partial charge in [0, 0.05) is 25.2 Å². The lowest BCUT2D eigenvalue weighted by atomic mass is 9.34. The maximum atomic E-state index is 13.5. The molecule has 3 fully saturated rings. The Morgan fingerprint density at radius 1 is 0.974 bits per heavy atom. The van der Waals surface area contributed by atoms with Gasteiger partial charge in [0.2, 0.25) is 5.78 Å². The first-order chi connectivity index (χ1) is 18.0. The average Bonchev–Trinajstić information content (AvgIpc) is 2.90. The first-order valence-corrected chi connectivity index (χ1v) is 15.5. The Morgan fingerprint density at radius 3 is 2.26 bits per heavy atom. The number of phosphoric ester groups is 1. The zero-order chi connectivity index (χ0) is 28.8. The van der Waals surface area contributed by atoms with Gasteiger partial charge in [0.25, 0.3) is 0 Å². The summed E-state index contributed by atoms with van der Waals surface area (Å²) in [5.74, 6) is -0.762. The van der Waals surface area contributed by atoms with Crippen molar-refractivity contribution in [3.8, 4) is 0 Å². The van der Waals surface area contributed by atoms with Crippen LogP contribution in [0.2, 0.25) is 0 Å². The molecular weight excluding hydrogens is 515 g/mol. The van der Waals surface area contributed by atoms with E-state index in [1.807, 2.05) is 13.8 Å². The van der Waals surface area contributed by atoms with E-state index in [1.165, 1.54) is 19.8 Å². The van der Waals surface area contributed by atoms with Crippen LogP contribution in [0.15, 0.2) is 46.3 Å². The summed E-state index contributed by atoms with van der Waals surface area (Å²) in [7, 11) is -1.50. The minimum Gasteiger partial charge on any atom is -0.504 e. The van der Waals surface area contributed by atoms with Crippen molar-refractivity contribution in [1.82, 2.24) is 0 Å². The van der Waals surface area contributed by atoms with Gasteiger partial charge in [-0.05, 0) is 98.2 Å². The third kappa shape index (κ3) is 3.79. The highest BCUT2D eigenvalue weighted by atomic mass is 31.2. The lowest BCUT2D eigenvalue weighted by Crippen LogP contribution is -2.62. The molecule has 0 heterocycles. The van der Waals surface area contributed by atoms with Crippen LogP contribution in [0.5, 0.6) is 0 Å². The zero-order valence-electron chi connectivity index (χ0n) is 24.6. The first kappa shape index (κ1) is 28.6. The molecule has 0 radical (unpaired) electrons. The van der Waals surface area contributed by atoms with Crippen LogP contribution in [0.3, 0.4) is 0 Å². The standard InChI is InChI=1S/C31H43O7P/c1-19-20-9-10-23-29(4,21(20)17-22(32)25(19)33)14-16-31(6)24-18-28(3,26(34)38-39(35,36-7)37-8)12-11-27(24,2)13-15-30(23,31)5/h9-10,17,24,33H,11-16,18H2,1-8H3/t24-,27?,28-,29+,30-,31+/m1/s1. The number of allylic oxidation sites excluding steroid dienone is 7. The molecule has 0 bridgehead atoms. The zero-order valence-corrected chi connectivity index (χ0v) is 25.5. The molecule has 0 aromatic heterocycles. The van der Waals surface area contributed by atoms with Crippen molar-refractivity contribution < 1.29 is 32.8 Å². The molecule has 5 rings (SSSR count). The van der Waals surface area contributed by atoms with Crippen LogP contribution < -0.4 is 0 Å². The molecule has 1 N–H and O–H groups in total. The summed E-state index contributed by atoms with van der Waals surface area (Å²) in [6.45, 7) is 13.2. The molecule has 5 aliphatic rings. The van der Waals surface area contributed by atoms with Crippen molar-refractivity contribution in [2.75, 3.05) is 14.2 Å². The maximum Gasteiger partial charge on any atom is 0.531 e. The Balaban J connectivity index is 1.55. The molecule has 7 nitrogen and oxygen atoms in total. The fourth-order valence-electron chi connectivity index (χ4n) is 9.00. The second-order valence-corrected chi connectivity index (χ2v) is 15.6. The van der Waals surface area contributed by atoms with Gasteiger partial charge in [0.05, 0.1) is 5.41 Å². The van der Waals surface area contributed by atoms with E-state index in [-0.39, 0.29) is 39.1 Å². The topological polar surface area (TPSA) is 99.1 Å². The molecule has 0 saturated heterocycles. The lowest BCUT2D eigenvalue weighted by molar-refractivity contribution is -0.177. The summed E-state index contributed by atoms with van der Waals surface area (Å²) in [5.41, 5.74) is 2.70. The number of carbonyl (C=O) groups is 2. The van der Waals surface area contributed by atoms with Crippen molar-refractivity contribution in [3.05, 3.63) is 46.3 Å². The number of hydrogen-bond donors (Lipinski definition) is 1. The second-order valence-electron chi connectivity index (χ2n) is 13.8. The highest BCUT2D eigenvalue weighted by Gasteiger charge is 2.67. The number of carbonyl (C=O) groups excluding carboxylic acids is 2. The normalized spacial score (nSPS) is 41.8. The predicted molar refractivity (Wildman–Crippen MR) is 149 cm³/mol. The quantitative estimate of drug-likeness (QED) is 0.356. The molecule has 0 aromatic carbocycles. The minimum absolute atomic E-state index is 0.0788. The smallest absolute Gasteiger partial charge is 0.504 e. The fourth-order valence-corrected chi connectivity index (χ4v) is 9.72. The van der Waals surface area contributed by atoms with Gasteiger partial charge in [-0.1, -0.05) is 45.4 Å². The maximum absolute atomic E-state index is 13.5. The molecule has 5 aliphatic carbocycles. The largest absolute Gasteiger partial charge is 0.531 e. The number of phosphoric acid groups is 1. The monoisotopic (exact) mass is 558 g/mol. The van der Waals surface area contributed by atoms with Crippen molar-refractivity contribution in [2.45, 2.75) is 86.5 Å². The van der Waals surface area contributed by atoms with Gasteiger partial charge in [-0.3, -0.25) is 18.6 Å². The van der Waals surface area contributed by atoms with E-state index in [2.05, 4.69) is 39.8 Å². The molecule has 0 aliphatic heterocycles. The van der Waals surface area contributed by atoms with Crippen LogP contribution in [-0.4, -0.2) is 31.1 Å². The molecule has 3 saturated carbocycles. The Morgan fingerprint density at radius 2 is 1.62 bits per heavy atom. The van der Waals surface area contributed by atoms with Crippen molar-refractivity contribution >= 4 is 19.6 Å². The molecule has 0 amide bonds. The predicted octanol–water partition coefficient (Wildman–Crippen LogP) is 7.56. The number of fused-ring (bicyclic) bond motifs is 7. The van der Waals surface area contributed by atoms with E-state index in [9.17, 15) is 19.3 Å². The van der Waals surface area contributed by atoms with E-state index in [0.29, 0.717) is 18.4 Å². The van der Waals surface area contributed by atoms with Gasteiger partial charge in [-0.15, -0.1) is 0 Å². The molecule has 0 spiro atoms. The third-order valence-corrected chi connectivity index (χ3v) is 13.3. The Hall–Kier alpha value is -1.95. The number of ketones is 1. The van der Waals surface area contributed by atoms with E-state index < -0.39 is 19.2 Å². The summed E-state index contributed by atoms with van der Waals surface area (Å²) < 4.78 is 27.8. The van der Waals surface area contributed by atoms with Gasteiger partial charge in [-0.25, -0.2) is 4.57 Å². The van der Waals surface area contributed by atoms with Crippen LogP contribution in [0, 0.1) is 33.0 Å². The third-order valence-electron chi connectivity index (χ3n) is 12.0. The number of aliphatic hydroxyl groups is 1. The van der Waals surface area contributed by atoms with Crippen molar-refractivity contribution in [1.29, 1.82) is 0 Å². The van der Waals surface area contributed by atoms with E-state index >= 15 is 0 Å². The minimum atomic E-state index is -3.94. The SMILES string of the molecule is COP(=O)(OC)OC(=O)[C@]1(C)CCC2(C)CC[C@]3(C)C4=CC=C5C(=CC(=O)C(O)=C5C)[C@]4(C)CC[C@@]3(C)[C@@H]2C1. The number of hydrogen-bond acceptors (Lipinski definition) is 7. The van der Waals surface area contributed by atoms with Crippen molar-refractivity contribution in [2.24, 2.45) is 33.0 Å². The van der Waals surface area contributed by atoms with Gasteiger partial charge in [-0.2, -0.15) is 0 Å². The molecule has 6 atom stereocenters. The first-order valence-electron chi connectivity index (χ1n) is 14.1. The van der Waals surface area contributed by atoms with Crippen LogP contribution in [-0.2, 0) is 27.7 Å². The molecule has 39 heavy (non-hydrogen) atoms. The van der Waals surface area contributed by atoms with E-state index in [4.69, 9.17) is 13.6 Å². The molecule has 214 valence electrons. The lowest BCUT2D eigenvalue weighted by Gasteiger charge is -2.70. The number of rotatable bonds is 4. The van der Waals surface area contributed by atoms with Gasteiger partial charge in [0.15, 0.2) is 5.76 Å². The van der Waals surface area contributed by atoms with Gasteiger partial charge >= 0.3 is 13.8 Å². The Kier molecular flexibility index (Phi) is 6.43. The van der Waals surface area contributed by atoms with Crippen molar-refractivity contribution in [3.63, 3.8) is 0 Å². The van der Waals surface area contributed by atoms with E-state index in [1.54, 1.807) is 6.08 Å². The van der Waals surface area contributed by atoms with Crippen LogP contribution in [0.25, 0.3) is 0 Å².